The lowest BCUT2D eigenvalue weighted by atomic mass is 10.1. The van der Waals surface area contributed by atoms with Crippen molar-refractivity contribution < 1.29 is 14.3 Å². The topological polar surface area (TPSA) is 35.5 Å². The maximum atomic E-state index is 12.2. The smallest absolute Gasteiger partial charge is 0.185 e. The van der Waals surface area contributed by atoms with Crippen LogP contribution in [0, 0.1) is 0 Å². The van der Waals surface area contributed by atoms with Crippen LogP contribution in [0.5, 0.6) is 11.5 Å². The first-order valence-electron chi connectivity index (χ1n) is 8.59. The number of ketones is 1. The summed E-state index contributed by atoms with van der Waals surface area (Å²) in [5.74, 6) is 1.09. The van der Waals surface area contributed by atoms with Gasteiger partial charge < -0.3 is 9.47 Å². The quantitative estimate of drug-likeness (QED) is 0.329. The van der Waals surface area contributed by atoms with Crippen LogP contribution in [0.3, 0.4) is 0 Å². The third-order valence-corrected chi connectivity index (χ3v) is 4.66. The summed E-state index contributed by atoms with van der Waals surface area (Å²) in [6.45, 7) is 0.286. The van der Waals surface area contributed by atoms with E-state index in [-0.39, 0.29) is 12.4 Å². The Bertz CT molecular complexity index is 998. The Balaban J connectivity index is 1.71. The lowest BCUT2D eigenvalue weighted by Gasteiger charge is -2.12. The molecule has 3 aromatic rings. The predicted molar refractivity (Wildman–Crippen MR) is 114 cm³/mol. The highest BCUT2D eigenvalue weighted by Crippen LogP contribution is 2.30. The van der Waals surface area contributed by atoms with Crippen molar-refractivity contribution in [3.05, 3.63) is 99.5 Å². The molecule has 5 heteroatoms. The van der Waals surface area contributed by atoms with Gasteiger partial charge in [0.15, 0.2) is 17.3 Å². The molecule has 3 nitrogen and oxygen atoms in total. The van der Waals surface area contributed by atoms with E-state index >= 15 is 0 Å². The number of rotatable bonds is 7. The number of ether oxygens (including phenoxy) is 2. The maximum Gasteiger partial charge on any atom is 0.185 e. The van der Waals surface area contributed by atoms with Gasteiger partial charge in [-0.3, -0.25) is 4.79 Å². The fourth-order valence-corrected chi connectivity index (χ4v) is 3.03. The molecule has 142 valence electrons. The fraction of sp³-hybridized carbons (Fsp3) is 0.0870. The van der Waals surface area contributed by atoms with Crippen LogP contribution in [0.1, 0.15) is 21.5 Å². The van der Waals surface area contributed by atoms with Crippen molar-refractivity contribution in [1.82, 2.24) is 0 Å². The summed E-state index contributed by atoms with van der Waals surface area (Å²) in [5.41, 5.74) is 2.30. The van der Waals surface area contributed by atoms with Crippen LogP contribution in [0.25, 0.3) is 6.08 Å². The molecule has 0 spiro atoms. The van der Waals surface area contributed by atoms with E-state index in [1.54, 1.807) is 43.5 Å². The minimum absolute atomic E-state index is 0.0581. The van der Waals surface area contributed by atoms with Gasteiger partial charge in [0, 0.05) is 21.2 Å². The van der Waals surface area contributed by atoms with Gasteiger partial charge in [-0.25, -0.2) is 0 Å². The average Bonchev–Trinajstić information content (AvgIpc) is 2.72. The van der Waals surface area contributed by atoms with E-state index in [1.807, 2.05) is 36.4 Å². The molecule has 3 rings (SSSR count). The summed E-state index contributed by atoms with van der Waals surface area (Å²) in [6, 6.07) is 19.9. The lowest BCUT2D eigenvalue weighted by Crippen LogP contribution is -1.99. The van der Waals surface area contributed by atoms with Crippen molar-refractivity contribution >= 4 is 35.1 Å². The zero-order valence-corrected chi connectivity index (χ0v) is 16.7. The van der Waals surface area contributed by atoms with Crippen molar-refractivity contribution in [2.45, 2.75) is 6.61 Å². The highest BCUT2D eigenvalue weighted by molar-refractivity contribution is 6.35. The van der Waals surface area contributed by atoms with Gasteiger partial charge in [-0.05, 0) is 35.9 Å². The molecular formula is C23H18Cl2O3. The summed E-state index contributed by atoms with van der Waals surface area (Å²) < 4.78 is 11.3. The minimum atomic E-state index is -0.0581. The monoisotopic (exact) mass is 412 g/mol. The molecule has 0 saturated carbocycles. The third kappa shape index (κ3) is 5.16. The number of carbonyl (C=O) groups excluding carboxylic acids is 1. The largest absolute Gasteiger partial charge is 0.493 e. The molecule has 0 bridgehead atoms. The van der Waals surface area contributed by atoms with Crippen molar-refractivity contribution in [3.8, 4) is 11.5 Å². The number of benzene rings is 3. The molecule has 0 aliphatic heterocycles. The van der Waals surface area contributed by atoms with Crippen LogP contribution in [-0.4, -0.2) is 12.9 Å². The molecule has 28 heavy (non-hydrogen) atoms. The average molecular weight is 413 g/mol. The van der Waals surface area contributed by atoms with Gasteiger partial charge in [-0.2, -0.15) is 0 Å². The first-order valence-corrected chi connectivity index (χ1v) is 9.34. The Morgan fingerprint density at radius 2 is 1.75 bits per heavy atom. The summed E-state index contributed by atoms with van der Waals surface area (Å²) in [7, 11) is 1.57. The molecule has 0 saturated heterocycles. The normalized spacial score (nSPS) is 10.8. The fourth-order valence-electron chi connectivity index (χ4n) is 2.57. The van der Waals surface area contributed by atoms with Crippen molar-refractivity contribution in [2.75, 3.05) is 7.11 Å². The zero-order valence-electron chi connectivity index (χ0n) is 15.2. The van der Waals surface area contributed by atoms with E-state index in [4.69, 9.17) is 32.7 Å². The van der Waals surface area contributed by atoms with Crippen LogP contribution < -0.4 is 9.47 Å². The van der Waals surface area contributed by atoms with Crippen LogP contribution in [0.4, 0.5) is 0 Å². The molecular weight excluding hydrogens is 395 g/mol. The Labute approximate surface area is 174 Å². The minimum Gasteiger partial charge on any atom is -0.493 e. The molecule has 0 heterocycles. The van der Waals surface area contributed by atoms with Gasteiger partial charge in [-0.15, -0.1) is 0 Å². The van der Waals surface area contributed by atoms with E-state index in [9.17, 15) is 4.79 Å². The number of carbonyl (C=O) groups is 1. The molecule has 0 atom stereocenters. The highest BCUT2D eigenvalue weighted by Gasteiger charge is 2.08. The van der Waals surface area contributed by atoms with E-state index in [1.165, 1.54) is 6.08 Å². The molecule has 0 aromatic heterocycles. The molecule has 0 N–H and O–H groups in total. The lowest BCUT2D eigenvalue weighted by molar-refractivity contribution is 0.104. The standard InChI is InChI=1S/C23H18Cl2O3/c1-27-23-13-16(7-11-21(26)17-5-3-2-4-6-17)8-12-22(23)28-15-18-9-10-19(24)14-20(18)25/h2-14H,15H2,1H3. The molecule has 0 unspecified atom stereocenters. The third-order valence-electron chi connectivity index (χ3n) is 4.07. The van der Waals surface area contributed by atoms with Crippen LogP contribution in [-0.2, 0) is 6.61 Å². The zero-order chi connectivity index (χ0) is 19.9. The SMILES string of the molecule is COc1cc(C=CC(=O)c2ccccc2)ccc1OCc1ccc(Cl)cc1Cl. The predicted octanol–water partition coefficient (Wildman–Crippen LogP) is 6.48. The van der Waals surface area contributed by atoms with Crippen molar-refractivity contribution in [3.63, 3.8) is 0 Å². The highest BCUT2D eigenvalue weighted by atomic mass is 35.5. The van der Waals surface area contributed by atoms with Gasteiger partial charge in [0.05, 0.1) is 7.11 Å². The van der Waals surface area contributed by atoms with Crippen LogP contribution in [0.15, 0.2) is 72.8 Å². The number of hydrogen-bond acceptors (Lipinski definition) is 3. The van der Waals surface area contributed by atoms with Gasteiger partial charge in [-0.1, -0.05) is 71.7 Å². The molecule has 3 aromatic carbocycles. The first-order chi connectivity index (χ1) is 13.6. The van der Waals surface area contributed by atoms with Crippen molar-refractivity contribution in [2.24, 2.45) is 0 Å². The first kappa shape index (κ1) is 20.0. The number of methoxy groups -OCH3 is 1. The summed E-state index contributed by atoms with van der Waals surface area (Å²) in [6.07, 6.45) is 3.29. The Morgan fingerprint density at radius 3 is 2.46 bits per heavy atom. The van der Waals surface area contributed by atoms with E-state index < -0.39 is 0 Å². The molecule has 0 amide bonds. The number of allylic oxidation sites excluding steroid dienone is 1. The Kier molecular flexibility index (Phi) is 6.75. The Morgan fingerprint density at radius 1 is 0.964 bits per heavy atom. The summed E-state index contributed by atoms with van der Waals surface area (Å²) >= 11 is 12.1. The van der Waals surface area contributed by atoms with Gasteiger partial charge in [0.2, 0.25) is 0 Å². The van der Waals surface area contributed by atoms with Crippen LogP contribution >= 0.6 is 23.2 Å². The van der Waals surface area contributed by atoms with E-state index in [2.05, 4.69) is 0 Å². The molecule has 0 aliphatic carbocycles. The molecule has 0 fully saturated rings. The van der Waals surface area contributed by atoms with E-state index in [0.29, 0.717) is 27.1 Å². The van der Waals surface area contributed by atoms with E-state index in [0.717, 1.165) is 11.1 Å². The summed E-state index contributed by atoms with van der Waals surface area (Å²) in [4.78, 5) is 12.2. The van der Waals surface area contributed by atoms with Gasteiger partial charge in [0.25, 0.3) is 0 Å². The van der Waals surface area contributed by atoms with Gasteiger partial charge in [0.1, 0.15) is 6.61 Å². The molecule has 0 radical (unpaired) electrons. The number of hydrogen-bond donors (Lipinski definition) is 0. The van der Waals surface area contributed by atoms with Gasteiger partial charge >= 0.3 is 0 Å². The number of halogens is 2. The molecule has 0 aliphatic rings. The van der Waals surface area contributed by atoms with Crippen molar-refractivity contribution in [1.29, 1.82) is 0 Å². The Hall–Kier alpha value is -2.75. The maximum absolute atomic E-state index is 12.2. The second kappa shape index (κ2) is 9.45. The van der Waals surface area contributed by atoms with Crippen LogP contribution in [0.2, 0.25) is 10.0 Å². The second-order valence-electron chi connectivity index (χ2n) is 6.00. The second-order valence-corrected chi connectivity index (χ2v) is 6.84. The summed E-state index contributed by atoms with van der Waals surface area (Å²) in [5, 5.41) is 1.12.